The molecule has 120 valence electrons. The van der Waals surface area contributed by atoms with Crippen molar-refractivity contribution in [2.45, 2.75) is 27.2 Å². The Labute approximate surface area is 132 Å². The summed E-state index contributed by atoms with van der Waals surface area (Å²) in [6.45, 7) is 6.93. The lowest BCUT2D eigenvalue weighted by Crippen LogP contribution is -2.10. The first-order valence-corrected chi connectivity index (χ1v) is 7.32. The Morgan fingerprint density at radius 2 is 2.14 bits per heavy atom. The van der Waals surface area contributed by atoms with Crippen LogP contribution in [-0.4, -0.2) is 30.5 Å². The number of nitro benzene ring substituents is 1. The number of allylic oxidation sites excluding steroid dienone is 3. The Balaban J connectivity index is 3.21. The Morgan fingerprint density at radius 3 is 2.64 bits per heavy atom. The Hall–Kier alpha value is -2.30. The van der Waals surface area contributed by atoms with Crippen LogP contribution in [0.15, 0.2) is 30.5 Å². The molecule has 0 fully saturated rings. The fraction of sp³-hybridized carbons (Fsp3) is 0.412. The van der Waals surface area contributed by atoms with Gasteiger partial charge in [-0.05, 0) is 55.3 Å². The lowest BCUT2D eigenvalue weighted by atomic mass is 9.99. The molecular weight excluding hydrogens is 280 g/mol. The molecular formula is C17H24N2O3. The third-order valence-electron chi connectivity index (χ3n) is 3.43. The molecule has 0 bridgehead atoms. The molecule has 0 saturated carbocycles. The molecule has 0 aliphatic rings. The van der Waals surface area contributed by atoms with E-state index in [1.54, 1.807) is 12.1 Å². The van der Waals surface area contributed by atoms with Gasteiger partial charge in [-0.25, -0.2) is 0 Å². The van der Waals surface area contributed by atoms with Crippen LogP contribution < -0.4 is 4.74 Å². The van der Waals surface area contributed by atoms with E-state index in [0.717, 1.165) is 29.7 Å². The lowest BCUT2D eigenvalue weighted by Gasteiger charge is -2.14. The molecule has 0 N–H and O–H groups in total. The van der Waals surface area contributed by atoms with Crippen molar-refractivity contribution < 1.29 is 9.66 Å². The van der Waals surface area contributed by atoms with E-state index >= 15 is 0 Å². The molecule has 1 aromatic carbocycles. The van der Waals surface area contributed by atoms with Gasteiger partial charge in [0.2, 0.25) is 0 Å². The quantitative estimate of drug-likeness (QED) is 0.431. The van der Waals surface area contributed by atoms with Gasteiger partial charge in [0.05, 0.1) is 12.0 Å². The minimum atomic E-state index is -0.421. The number of nitrogens with zero attached hydrogens (tertiary/aromatic N) is 2. The third-order valence-corrected chi connectivity index (χ3v) is 3.43. The highest BCUT2D eigenvalue weighted by Gasteiger charge is 2.18. The van der Waals surface area contributed by atoms with Crippen LogP contribution >= 0.6 is 0 Å². The van der Waals surface area contributed by atoms with Gasteiger partial charge in [0, 0.05) is 19.7 Å². The largest absolute Gasteiger partial charge is 0.490 e. The van der Waals surface area contributed by atoms with E-state index in [2.05, 4.69) is 11.8 Å². The number of rotatable bonds is 7. The molecule has 22 heavy (non-hydrogen) atoms. The number of aryl methyl sites for hydroxylation is 1. The van der Waals surface area contributed by atoms with Gasteiger partial charge >= 0.3 is 5.69 Å². The summed E-state index contributed by atoms with van der Waals surface area (Å²) < 4.78 is 5.16. The van der Waals surface area contributed by atoms with Crippen LogP contribution in [0.25, 0.3) is 5.57 Å². The smallest absolute Gasteiger partial charge is 0.311 e. The van der Waals surface area contributed by atoms with Gasteiger partial charge in [-0.3, -0.25) is 10.1 Å². The topological polar surface area (TPSA) is 55.6 Å². The predicted molar refractivity (Wildman–Crippen MR) is 90.1 cm³/mol. The molecule has 0 heterocycles. The minimum Gasteiger partial charge on any atom is -0.490 e. The molecule has 0 amide bonds. The summed E-state index contributed by atoms with van der Waals surface area (Å²) in [6.07, 6.45) is 7.11. The Morgan fingerprint density at radius 1 is 1.45 bits per heavy atom. The molecule has 5 heteroatoms. The van der Waals surface area contributed by atoms with Crippen molar-refractivity contribution in [2.24, 2.45) is 0 Å². The summed E-state index contributed by atoms with van der Waals surface area (Å²) in [5, 5.41) is 11.1. The summed E-state index contributed by atoms with van der Waals surface area (Å²) in [5.41, 5.74) is 2.79. The first-order chi connectivity index (χ1) is 10.4. The summed E-state index contributed by atoms with van der Waals surface area (Å²) >= 11 is 0. The zero-order valence-corrected chi connectivity index (χ0v) is 13.9. The second kappa shape index (κ2) is 8.22. The van der Waals surface area contributed by atoms with Gasteiger partial charge in [-0.15, -0.1) is 0 Å². The Bertz CT molecular complexity index is 592. The zero-order chi connectivity index (χ0) is 16.7. The van der Waals surface area contributed by atoms with Gasteiger partial charge < -0.3 is 9.64 Å². The number of nitro groups is 1. The molecule has 5 nitrogen and oxygen atoms in total. The van der Waals surface area contributed by atoms with Crippen LogP contribution in [0.5, 0.6) is 5.75 Å². The fourth-order valence-corrected chi connectivity index (χ4v) is 2.27. The maximum atomic E-state index is 11.1. The summed E-state index contributed by atoms with van der Waals surface area (Å²) in [5.74, 6) is 0.278. The second-order valence-corrected chi connectivity index (χ2v) is 5.14. The molecule has 1 aromatic rings. The van der Waals surface area contributed by atoms with E-state index in [-0.39, 0.29) is 11.4 Å². The van der Waals surface area contributed by atoms with Gasteiger partial charge in [0.15, 0.2) is 5.75 Å². The number of ether oxygens (including phenoxy) is 1. The van der Waals surface area contributed by atoms with Crippen LogP contribution in [0.2, 0.25) is 0 Å². The molecule has 0 radical (unpaired) electrons. The van der Waals surface area contributed by atoms with Gasteiger partial charge in [0.1, 0.15) is 0 Å². The van der Waals surface area contributed by atoms with Crippen molar-refractivity contribution >= 4 is 11.3 Å². The normalized spacial score (nSPS) is 11.8. The average molecular weight is 304 g/mol. The summed E-state index contributed by atoms with van der Waals surface area (Å²) in [4.78, 5) is 12.8. The number of benzene rings is 1. The van der Waals surface area contributed by atoms with Gasteiger partial charge in [-0.1, -0.05) is 13.0 Å². The monoisotopic (exact) mass is 304 g/mol. The van der Waals surface area contributed by atoms with Crippen molar-refractivity contribution in [3.63, 3.8) is 0 Å². The van der Waals surface area contributed by atoms with Crippen molar-refractivity contribution in [3.05, 3.63) is 51.7 Å². The maximum absolute atomic E-state index is 11.1. The Kier molecular flexibility index (Phi) is 6.63. The average Bonchev–Trinajstić information content (AvgIpc) is 2.48. The van der Waals surface area contributed by atoms with Crippen LogP contribution in [0.3, 0.4) is 0 Å². The fourth-order valence-electron chi connectivity index (χ4n) is 2.27. The highest BCUT2D eigenvalue weighted by molar-refractivity contribution is 5.78. The summed E-state index contributed by atoms with van der Waals surface area (Å²) in [7, 11) is 3.47. The van der Waals surface area contributed by atoms with Crippen molar-refractivity contribution in [2.75, 3.05) is 20.7 Å². The van der Waals surface area contributed by atoms with Crippen molar-refractivity contribution in [3.8, 4) is 5.75 Å². The van der Waals surface area contributed by atoms with Gasteiger partial charge in [0.25, 0.3) is 0 Å². The second-order valence-electron chi connectivity index (χ2n) is 5.14. The molecule has 0 atom stereocenters. The number of hydrogen-bond acceptors (Lipinski definition) is 4. The minimum absolute atomic E-state index is 0.00807. The predicted octanol–water partition coefficient (Wildman–Crippen LogP) is 4.17. The first-order valence-electron chi connectivity index (χ1n) is 7.32. The summed E-state index contributed by atoms with van der Waals surface area (Å²) in [6, 6.07) is 3.29. The molecule has 0 saturated heterocycles. The maximum Gasteiger partial charge on any atom is 0.311 e. The number of methoxy groups -OCH3 is 1. The highest BCUT2D eigenvalue weighted by atomic mass is 16.6. The van der Waals surface area contributed by atoms with Crippen molar-refractivity contribution in [1.82, 2.24) is 4.90 Å². The molecule has 0 aliphatic carbocycles. The van der Waals surface area contributed by atoms with Crippen LogP contribution in [0.4, 0.5) is 5.69 Å². The number of hydrogen-bond donors (Lipinski definition) is 0. The van der Waals surface area contributed by atoms with Crippen LogP contribution in [0, 0.1) is 17.0 Å². The van der Waals surface area contributed by atoms with E-state index in [4.69, 9.17) is 4.74 Å². The van der Waals surface area contributed by atoms with Crippen molar-refractivity contribution in [1.29, 1.82) is 0 Å². The van der Waals surface area contributed by atoms with E-state index in [0.29, 0.717) is 0 Å². The van der Waals surface area contributed by atoms with Crippen LogP contribution in [0.1, 0.15) is 31.4 Å². The standard InChI is InChI=1S/C17H24N2O3/c1-6-9-18(4)10-8-14(7-2)15-12-17(22-5)16(19(20)21)11-13(15)3/h7-8,10-12H,6,9H2,1-5H3/b10-8-,14-7+. The first kappa shape index (κ1) is 17.8. The molecule has 0 aromatic heterocycles. The van der Waals surface area contributed by atoms with Crippen LogP contribution in [-0.2, 0) is 0 Å². The van der Waals surface area contributed by atoms with Gasteiger partial charge in [-0.2, -0.15) is 0 Å². The SMILES string of the molecule is C/C=C(\C=C/N(C)CCC)c1cc(OC)c([N+](=O)[O-])cc1C. The van der Waals surface area contributed by atoms with E-state index in [9.17, 15) is 10.1 Å². The molecule has 1 rings (SSSR count). The highest BCUT2D eigenvalue weighted by Crippen LogP contribution is 2.33. The molecule has 0 spiro atoms. The van der Waals surface area contributed by atoms with E-state index in [1.807, 2.05) is 39.2 Å². The van der Waals surface area contributed by atoms with E-state index in [1.165, 1.54) is 7.11 Å². The molecule has 0 aliphatic heterocycles. The molecule has 0 unspecified atom stereocenters. The third kappa shape index (κ3) is 4.35. The van der Waals surface area contributed by atoms with E-state index < -0.39 is 4.92 Å². The zero-order valence-electron chi connectivity index (χ0n) is 13.9. The lowest BCUT2D eigenvalue weighted by molar-refractivity contribution is -0.385.